The van der Waals surface area contributed by atoms with Gasteiger partial charge < -0.3 is 58.4 Å². The molecule has 0 spiro atoms. The molecule has 4 fully saturated rings. The van der Waals surface area contributed by atoms with Crippen LogP contribution in [0.15, 0.2) is 24.5 Å². The summed E-state index contributed by atoms with van der Waals surface area (Å²) in [5.41, 5.74) is -0.689. The number of nitrogens with zero attached hydrogens (tertiary/aromatic N) is 2. The van der Waals surface area contributed by atoms with Crippen molar-refractivity contribution in [3.63, 3.8) is 0 Å². The molecule has 23 heteroatoms. The highest BCUT2D eigenvalue weighted by molar-refractivity contribution is 5.99. The van der Waals surface area contributed by atoms with Crippen LogP contribution in [0.25, 0.3) is 0 Å². The fraction of sp³-hybridized carbons (Fsp3) is 0.648. The Labute approximate surface area is 447 Å². The number of methoxy groups -OCH3 is 2. The van der Waals surface area contributed by atoms with E-state index in [2.05, 4.69) is 20.6 Å². The summed E-state index contributed by atoms with van der Waals surface area (Å²) in [5, 5.41) is 15.1. The van der Waals surface area contributed by atoms with E-state index in [0.29, 0.717) is 12.8 Å². The maximum atomic E-state index is 13.4. The Balaban J connectivity index is 0.000000285. The smallest absolute Gasteiger partial charge is 0.332 e. The first kappa shape index (κ1) is 60.8. The number of amides is 2. The predicted molar refractivity (Wildman–Crippen MR) is 269 cm³/mol. The number of ether oxygens (including phenoxy) is 9. The number of rotatable bonds is 15. The number of hydrogen-bond donors (Lipinski definition) is 3. The molecule has 4 heterocycles. The minimum Gasteiger partial charge on any atom is -0.503 e. The third-order valence-corrected chi connectivity index (χ3v) is 13.8. The minimum absolute atomic E-state index is 0.0256. The quantitative estimate of drug-likeness (QED) is 0.151. The monoisotopic (exact) mass is 1080 g/mol. The summed E-state index contributed by atoms with van der Waals surface area (Å²) in [7, 11) is 2.65. The van der Waals surface area contributed by atoms with Crippen LogP contribution in [0.4, 0.5) is 0 Å². The Morgan fingerprint density at radius 1 is 0.623 bits per heavy atom. The van der Waals surface area contributed by atoms with E-state index in [0.717, 1.165) is 71.1 Å². The molecule has 2 saturated carbocycles. The molecule has 77 heavy (non-hydrogen) atoms. The van der Waals surface area contributed by atoms with Gasteiger partial charge in [0, 0.05) is 31.5 Å². The molecule has 3 N–H and O–H groups in total. The van der Waals surface area contributed by atoms with E-state index in [4.69, 9.17) is 42.6 Å². The Kier molecular flexibility index (Phi) is 22.8. The summed E-state index contributed by atoms with van der Waals surface area (Å²) >= 11 is 0. The number of esters is 7. The Hall–Kier alpha value is -7.07. The predicted octanol–water partition coefficient (Wildman–Crippen LogP) is 5.29. The van der Waals surface area contributed by atoms with E-state index in [9.17, 15) is 48.3 Å². The normalized spacial score (nSPS) is 24.6. The van der Waals surface area contributed by atoms with Gasteiger partial charge in [-0.1, -0.05) is 91.9 Å². The van der Waals surface area contributed by atoms with Crippen molar-refractivity contribution in [2.24, 2.45) is 35.5 Å². The van der Waals surface area contributed by atoms with Gasteiger partial charge >= 0.3 is 41.8 Å². The van der Waals surface area contributed by atoms with Crippen LogP contribution in [0.5, 0.6) is 23.0 Å². The molecule has 2 aliphatic heterocycles. The standard InChI is InChI=1S/C28H38N2O10.C26H36N2O9/c1-15(2)26(33)40-23-16(3)38-28(35)20(14-37-27(34)19(23)13-18-9-7-6-8-10-18)30-25(32)22-24(39-17(4)31)21(36-5)11-12-29-22;1-14(2)24(31)37-22-15(3)36-26(33)18(28-23(30)20-21(29)19(34-4)10-11-27-20)13-35-25(32)17(22)12-16-8-6-5-7-9-16/h11-12,15-16,18-20,23H,6-10,13-14H2,1-5H3,(H,30,32);10-11,14-18,22,29H,5-9,12-13H2,1-4H3,(H,28,30)/t16-,19+,20-,23-;15-,17+,18-,22-/m00/s1. The molecule has 6 rings (SSSR count). The lowest BCUT2D eigenvalue weighted by Gasteiger charge is -2.32. The van der Waals surface area contributed by atoms with Crippen molar-refractivity contribution in [1.29, 1.82) is 0 Å². The van der Waals surface area contributed by atoms with Crippen molar-refractivity contribution in [1.82, 2.24) is 20.6 Å². The Bertz CT molecular complexity index is 2420. The third kappa shape index (κ3) is 17.0. The second-order valence-corrected chi connectivity index (χ2v) is 20.4. The second kappa shape index (κ2) is 28.9. The summed E-state index contributed by atoms with van der Waals surface area (Å²) in [5.74, 6) is -9.28. The van der Waals surface area contributed by atoms with Crippen LogP contribution >= 0.6 is 0 Å². The van der Waals surface area contributed by atoms with Crippen molar-refractivity contribution in [3.05, 3.63) is 35.9 Å². The van der Waals surface area contributed by atoms with E-state index in [1.807, 2.05) is 0 Å². The lowest BCUT2D eigenvalue weighted by molar-refractivity contribution is -0.177. The van der Waals surface area contributed by atoms with E-state index in [1.54, 1.807) is 41.5 Å². The molecule has 424 valence electrons. The first-order valence-corrected chi connectivity index (χ1v) is 26.3. The van der Waals surface area contributed by atoms with Gasteiger partial charge in [-0.25, -0.2) is 19.6 Å². The number of nitrogens with one attached hydrogen (secondary N) is 2. The number of cyclic esters (lactones) is 4. The SMILES string of the molecule is COc1ccnc(C(=O)N[C@H]2COC(=O)[C@H](CC3CCCCC3)[C@@H](OC(=O)C(C)C)[C@H](C)OC2=O)c1O.COc1ccnc(C(=O)N[C@H]2COC(=O)[C@H](CC3CCCCC3)[C@@H](OC(=O)C(C)C)[C@H](C)OC2=O)c1OC(C)=O. The lowest BCUT2D eigenvalue weighted by atomic mass is 9.80. The molecule has 0 aromatic carbocycles. The number of pyridine rings is 2. The minimum atomic E-state index is -1.41. The lowest BCUT2D eigenvalue weighted by Crippen LogP contribution is -2.47. The summed E-state index contributed by atoms with van der Waals surface area (Å²) in [6.07, 6.45) is 9.64. The summed E-state index contributed by atoms with van der Waals surface area (Å²) in [6.45, 7) is 9.93. The first-order chi connectivity index (χ1) is 36.6. The average molecular weight is 1080 g/mol. The van der Waals surface area contributed by atoms with Crippen LogP contribution in [0.3, 0.4) is 0 Å². The zero-order chi connectivity index (χ0) is 56.5. The van der Waals surface area contributed by atoms with Crippen LogP contribution in [0.1, 0.15) is 146 Å². The van der Waals surface area contributed by atoms with Crippen molar-refractivity contribution in [3.8, 4) is 23.0 Å². The van der Waals surface area contributed by atoms with Crippen molar-refractivity contribution in [2.75, 3.05) is 27.4 Å². The van der Waals surface area contributed by atoms with Gasteiger partial charge in [0.15, 0.2) is 52.9 Å². The molecule has 2 saturated heterocycles. The highest BCUT2D eigenvalue weighted by Crippen LogP contribution is 2.36. The van der Waals surface area contributed by atoms with Crippen LogP contribution in [0.2, 0.25) is 0 Å². The zero-order valence-corrected chi connectivity index (χ0v) is 45.3. The maximum absolute atomic E-state index is 13.4. The second-order valence-electron chi connectivity index (χ2n) is 20.4. The van der Waals surface area contributed by atoms with Crippen molar-refractivity contribution < 1.29 is 90.9 Å². The largest absolute Gasteiger partial charge is 0.503 e. The number of carbonyl (C=O) groups is 9. The van der Waals surface area contributed by atoms with Gasteiger partial charge in [0.25, 0.3) is 11.8 Å². The molecule has 4 aliphatic rings. The molecular formula is C54H74N4O19. The Morgan fingerprint density at radius 3 is 1.43 bits per heavy atom. The van der Waals surface area contributed by atoms with E-state index in [-0.39, 0.29) is 40.5 Å². The fourth-order valence-electron chi connectivity index (χ4n) is 9.61. The molecular weight excluding hydrogens is 1010 g/mol. The highest BCUT2D eigenvalue weighted by Gasteiger charge is 2.45. The fourth-order valence-corrected chi connectivity index (χ4v) is 9.61. The van der Waals surface area contributed by atoms with Gasteiger partial charge in [-0.3, -0.25) is 33.6 Å². The van der Waals surface area contributed by atoms with Crippen LogP contribution in [-0.4, -0.2) is 133 Å². The molecule has 0 bridgehead atoms. The Morgan fingerprint density at radius 2 is 1.03 bits per heavy atom. The van der Waals surface area contributed by atoms with Crippen LogP contribution in [-0.2, 0) is 62.0 Å². The van der Waals surface area contributed by atoms with Crippen LogP contribution in [0, 0.1) is 35.5 Å². The number of hydrogen-bond acceptors (Lipinski definition) is 21. The molecule has 0 unspecified atom stereocenters. The highest BCUT2D eigenvalue weighted by atomic mass is 16.6. The zero-order valence-electron chi connectivity index (χ0n) is 45.3. The summed E-state index contributed by atoms with van der Waals surface area (Å²) in [6, 6.07) is -0.0136. The summed E-state index contributed by atoms with van der Waals surface area (Å²) < 4.78 is 48.9. The molecule has 2 aromatic heterocycles. The van der Waals surface area contributed by atoms with Gasteiger partial charge in [0.2, 0.25) is 5.75 Å². The van der Waals surface area contributed by atoms with Crippen LogP contribution < -0.4 is 24.8 Å². The van der Waals surface area contributed by atoms with Gasteiger partial charge in [-0.05, 0) is 38.5 Å². The number of aromatic nitrogens is 2. The summed E-state index contributed by atoms with van der Waals surface area (Å²) in [4.78, 5) is 123. The van der Waals surface area contributed by atoms with Gasteiger partial charge in [-0.15, -0.1) is 0 Å². The number of carbonyl (C=O) groups excluding carboxylic acids is 9. The third-order valence-electron chi connectivity index (χ3n) is 13.8. The molecule has 2 aromatic rings. The molecule has 2 aliphatic carbocycles. The van der Waals surface area contributed by atoms with E-state index >= 15 is 0 Å². The van der Waals surface area contributed by atoms with E-state index in [1.165, 1.54) is 38.7 Å². The van der Waals surface area contributed by atoms with Gasteiger partial charge in [-0.2, -0.15) is 0 Å². The van der Waals surface area contributed by atoms with Crippen molar-refractivity contribution in [2.45, 2.75) is 162 Å². The molecule has 0 radical (unpaired) electrons. The molecule has 23 nitrogen and oxygen atoms in total. The molecule has 2 amide bonds. The topological polar surface area (TPSA) is 307 Å². The van der Waals surface area contributed by atoms with Crippen molar-refractivity contribution >= 4 is 53.6 Å². The van der Waals surface area contributed by atoms with Gasteiger partial charge in [0.1, 0.15) is 25.4 Å². The first-order valence-electron chi connectivity index (χ1n) is 26.3. The van der Waals surface area contributed by atoms with E-state index < -0.39 is 133 Å². The van der Waals surface area contributed by atoms with Gasteiger partial charge in [0.05, 0.1) is 37.9 Å². The maximum Gasteiger partial charge on any atom is 0.332 e. The number of aromatic hydroxyl groups is 1. The average Bonchev–Trinajstić information content (AvgIpc) is 3.46. The molecule has 8 atom stereocenters.